The highest BCUT2D eigenvalue weighted by Gasteiger charge is 2.44. The summed E-state index contributed by atoms with van der Waals surface area (Å²) < 4.78 is 102. The van der Waals surface area contributed by atoms with Crippen LogP contribution in [0.25, 0.3) is 0 Å². The molecule has 1 aromatic carbocycles. The van der Waals surface area contributed by atoms with Crippen LogP contribution in [0, 0.1) is 24.4 Å². The molecule has 0 saturated carbocycles. The highest BCUT2D eigenvalue weighted by molar-refractivity contribution is 7.92. The van der Waals surface area contributed by atoms with Crippen LogP contribution in [0.2, 0.25) is 0 Å². The molecule has 0 amide bonds. The maximum absolute atomic E-state index is 13.6. The molecule has 0 saturated heterocycles. The van der Waals surface area contributed by atoms with E-state index in [2.05, 4.69) is 0 Å². The van der Waals surface area contributed by atoms with E-state index >= 15 is 0 Å². The Morgan fingerprint density at radius 3 is 1.75 bits per heavy atom. The van der Waals surface area contributed by atoms with Gasteiger partial charge in [-0.2, -0.15) is 13.2 Å². The molecule has 0 bridgehead atoms. The van der Waals surface area contributed by atoms with Crippen molar-refractivity contribution < 1.29 is 34.8 Å². The molecule has 0 aliphatic heterocycles. The maximum Gasteiger partial charge on any atom is 0.418 e. The second-order valence-electron chi connectivity index (χ2n) is 4.36. The van der Waals surface area contributed by atoms with Gasteiger partial charge in [-0.3, -0.25) is 0 Å². The van der Waals surface area contributed by atoms with E-state index in [9.17, 15) is 34.8 Å². The molecule has 0 unspecified atom stereocenters. The molecule has 0 radical (unpaired) electrons. The van der Waals surface area contributed by atoms with E-state index in [1.165, 1.54) is 0 Å². The fourth-order valence-electron chi connectivity index (χ4n) is 1.59. The first-order valence-corrected chi connectivity index (χ1v) is 6.86. The van der Waals surface area contributed by atoms with Crippen molar-refractivity contribution in [3.05, 3.63) is 28.6 Å². The summed E-state index contributed by atoms with van der Waals surface area (Å²) in [6.07, 6.45) is -5.34. The number of benzene rings is 1. The monoisotopic (exact) mass is 320 g/mol. The molecule has 20 heavy (non-hydrogen) atoms. The molecule has 2 nitrogen and oxygen atoms in total. The Morgan fingerprint density at radius 1 is 0.950 bits per heavy atom. The number of rotatable bonds is 2. The lowest BCUT2D eigenvalue weighted by Gasteiger charge is -2.19. The summed E-state index contributed by atoms with van der Waals surface area (Å²) in [4.78, 5) is -1.85. The van der Waals surface area contributed by atoms with Gasteiger partial charge >= 0.3 is 6.18 Å². The predicted molar refractivity (Wildman–Crippen MR) is 58.4 cm³/mol. The second-order valence-corrected chi connectivity index (χ2v) is 6.80. The normalized spacial score (nSPS) is 13.1. The molecule has 0 spiro atoms. The quantitative estimate of drug-likeness (QED) is 0.474. The summed E-state index contributed by atoms with van der Waals surface area (Å²) in [5.41, 5.74) is -3.31. The summed E-state index contributed by atoms with van der Waals surface area (Å²) >= 11 is 0. The fourth-order valence-corrected chi connectivity index (χ4v) is 2.96. The third kappa shape index (κ3) is 2.50. The van der Waals surface area contributed by atoms with Crippen LogP contribution in [0.4, 0.5) is 26.3 Å². The van der Waals surface area contributed by atoms with E-state index in [-0.39, 0.29) is 0 Å². The van der Waals surface area contributed by atoms with Crippen molar-refractivity contribution in [2.75, 3.05) is 0 Å². The molecule has 0 heterocycles. The topological polar surface area (TPSA) is 34.1 Å². The summed E-state index contributed by atoms with van der Waals surface area (Å²) in [6, 6.07) is 0. The van der Waals surface area contributed by atoms with E-state index in [4.69, 9.17) is 0 Å². The molecule has 1 rings (SSSR count). The van der Waals surface area contributed by atoms with Crippen molar-refractivity contribution in [3.8, 4) is 0 Å². The minimum absolute atomic E-state index is 0.542. The van der Waals surface area contributed by atoms with Crippen LogP contribution in [0.5, 0.6) is 0 Å². The van der Waals surface area contributed by atoms with Gasteiger partial charge in [-0.05, 0) is 20.8 Å². The molecular weight excluding hydrogens is 310 g/mol. The summed E-state index contributed by atoms with van der Waals surface area (Å²) in [5.74, 6) is -6.65. The molecular formula is C11H10F6O2S. The Kier molecular flexibility index (Phi) is 4.15. The maximum atomic E-state index is 13.6. The van der Waals surface area contributed by atoms with Gasteiger partial charge in [-0.15, -0.1) is 0 Å². The van der Waals surface area contributed by atoms with Gasteiger partial charge in [0.2, 0.25) is 0 Å². The molecule has 0 N–H and O–H groups in total. The molecule has 0 fully saturated rings. The van der Waals surface area contributed by atoms with Crippen LogP contribution < -0.4 is 0 Å². The fraction of sp³-hybridized carbons (Fsp3) is 0.455. The van der Waals surface area contributed by atoms with Crippen molar-refractivity contribution in [1.82, 2.24) is 0 Å². The summed E-state index contributed by atoms with van der Waals surface area (Å²) in [5, 5.41) is -1.43. The third-order valence-electron chi connectivity index (χ3n) is 2.70. The molecule has 0 aliphatic carbocycles. The average Bonchev–Trinajstić information content (AvgIpc) is 2.28. The van der Waals surface area contributed by atoms with Crippen molar-refractivity contribution in [2.24, 2.45) is 0 Å². The molecule has 9 heteroatoms. The Balaban J connectivity index is 4.03. The van der Waals surface area contributed by atoms with Gasteiger partial charge in [0.25, 0.3) is 0 Å². The van der Waals surface area contributed by atoms with Gasteiger partial charge in [0.15, 0.2) is 27.3 Å². The highest BCUT2D eigenvalue weighted by Crippen LogP contribution is 2.41. The Labute approximate surface area is 111 Å². The van der Waals surface area contributed by atoms with Crippen molar-refractivity contribution >= 4 is 9.84 Å². The zero-order chi connectivity index (χ0) is 16.0. The molecule has 0 aromatic heterocycles. The van der Waals surface area contributed by atoms with Gasteiger partial charge in [0.05, 0.1) is 10.8 Å². The first kappa shape index (κ1) is 16.8. The van der Waals surface area contributed by atoms with Crippen molar-refractivity contribution in [1.29, 1.82) is 0 Å². The van der Waals surface area contributed by atoms with E-state index in [1.54, 1.807) is 0 Å². The van der Waals surface area contributed by atoms with Gasteiger partial charge in [0, 0.05) is 5.56 Å². The first-order valence-electron chi connectivity index (χ1n) is 5.31. The SMILES string of the molecule is Cc1c(F)c(F)c(F)c(S(=O)(=O)C(C)C)c1C(F)(F)F. The van der Waals surface area contributed by atoms with Crippen LogP contribution in [0.15, 0.2) is 4.90 Å². The van der Waals surface area contributed by atoms with Crippen LogP contribution in [0.1, 0.15) is 25.0 Å². The van der Waals surface area contributed by atoms with E-state index in [0.717, 1.165) is 13.8 Å². The van der Waals surface area contributed by atoms with E-state index < -0.39 is 54.7 Å². The predicted octanol–water partition coefficient (Wildman–Crippen LogP) is 3.61. The van der Waals surface area contributed by atoms with Gasteiger partial charge in [-0.1, -0.05) is 0 Å². The summed E-state index contributed by atoms with van der Waals surface area (Å²) in [7, 11) is -4.78. The smallest absolute Gasteiger partial charge is 0.223 e. The minimum Gasteiger partial charge on any atom is -0.223 e. The highest BCUT2D eigenvalue weighted by atomic mass is 32.2. The number of alkyl halides is 3. The number of hydrogen-bond acceptors (Lipinski definition) is 2. The molecule has 0 atom stereocenters. The lowest BCUT2D eigenvalue weighted by molar-refractivity contribution is -0.141. The van der Waals surface area contributed by atoms with E-state index in [1.807, 2.05) is 0 Å². The Hall–Kier alpha value is -1.25. The van der Waals surface area contributed by atoms with Crippen LogP contribution in [-0.4, -0.2) is 13.7 Å². The largest absolute Gasteiger partial charge is 0.418 e. The van der Waals surface area contributed by atoms with E-state index in [0.29, 0.717) is 6.92 Å². The van der Waals surface area contributed by atoms with Gasteiger partial charge in [0.1, 0.15) is 4.90 Å². The van der Waals surface area contributed by atoms with Crippen LogP contribution in [0.3, 0.4) is 0 Å². The lowest BCUT2D eigenvalue weighted by atomic mass is 10.1. The second kappa shape index (κ2) is 4.94. The average molecular weight is 320 g/mol. The van der Waals surface area contributed by atoms with Crippen molar-refractivity contribution in [3.63, 3.8) is 0 Å². The molecule has 1 aromatic rings. The molecule has 114 valence electrons. The number of sulfone groups is 1. The number of halogens is 6. The first-order chi connectivity index (χ1) is 8.83. The zero-order valence-corrected chi connectivity index (χ0v) is 11.4. The lowest BCUT2D eigenvalue weighted by Crippen LogP contribution is -2.24. The van der Waals surface area contributed by atoms with Gasteiger partial charge < -0.3 is 0 Å². The Bertz CT molecular complexity index is 646. The van der Waals surface area contributed by atoms with Crippen LogP contribution in [-0.2, 0) is 16.0 Å². The van der Waals surface area contributed by atoms with Crippen molar-refractivity contribution in [2.45, 2.75) is 37.1 Å². The number of hydrogen-bond donors (Lipinski definition) is 0. The van der Waals surface area contributed by atoms with Crippen LogP contribution >= 0.6 is 0 Å². The molecule has 0 aliphatic rings. The summed E-state index contributed by atoms with van der Waals surface area (Å²) in [6.45, 7) is 2.55. The standard InChI is InChI=1S/C11H10F6O2S/c1-4(2)20(18,19)10-6(11(15,16)17)5(3)7(12)8(13)9(10)14/h4H,1-3H3. The zero-order valence-electron chi connectivity index (χ0n) is 10.6. The van der Waals surface area contributed by atoms with Gasteiger partial charge in [-0.25, -0.2) is 21.6 Å². The minimum atomic E-state index is -5.34. The Morgan fingerprint density at radius 2 is 1.40 bits per heavy atom. The third-order valence-corrected chi connectivity index (χ3v) is 4.90.